The van der Waals surface area contributed by atoms with Crippen LogP contribution in [0.15, 0.2) is 24.3 Å². The van der Waals surface area contributed by atoms with Crippen LogP contribution in [0.3, 0.4) is 0 Å². The van der Waals surface area contributed by atoms with Crippen LogP contribution in [0.4, 0.5) is 5.69 Å². The van der Waals surface area contributed by atoms with Crippen LogP contribution in [-0.2, 0) is 14.3 Å². The number of carbonyl (C=O) groups is 2. The number of carbonyl (C=O) groups excluding carboxylic acids is 2. The van der Waals surface area contributed by atoms with Gasteiger partial charge in [-0.25, -0.2) is 4.79 Å². The van der Waals surface area contributed by atoms with Crippen LogP contribution in [0.25, 0.3) is 0 Å². The summed E-state index contributed by atoms with van der Waals surface area (Å²) in [6, 6.07) is 6.63. The first-order valence-electron chi connectivity index (χ1n) is 6.38. The van der Waals surface area contributed by atoms with Gasteiger partial charge in [0.1, 0.15) is 5.75 Å². The third-order valence-electron chi connectivity index (χ3n) is 2.31. The molecule has 0 aromatic heterocycles. The van der Waals surface area contributed by atoms with E-state index in [1.54, 1.807) is 24.3 Å². The van der Waals surface area contributed by atoms with E-state index >= 15 is 0 Å². The fourth-order valence-electron chi connectivity index (χ4n) is 1.26. The molecule has 0 bridgehead atoms. The third-order valence-corrected chi connectivity index (χ3v) is 2.31. The fraction of sp³-hybridized carbons (Fsp3) is 0.429. The summed E-state index contributed by atoms with van der Waals surface area (Å²) in [6.45, 7) is 3.97. The number of esters is 1. The zero-order valence-electron chi connectivity index (χ0n) is 11.7. The molecular weight excluding hydrogens is 260 g/mol. The number of benzene rings is 1. The molecule has 0 fully saturated rings. The highest BCUT2D eigenvalue weighted by atomic mass is 16.6. The van der Waals surface area contributed by atoms with Gasteiger partial charge in [0.2, 0.25) is 0 Å². The van der Waals surface area contributed by atoms with Gasteiger partial charge in [0.25, 0.3) is 5.91 Å². The van der Waals surface area contributed by atoms with Gasteiger partial charge in [-0.05, 0) is 30.2 Å². The van der Waals surface area contributed by atoms with Gasteiger partial charge in [-0.2, -0.15) is 0 Å². The van der Waals surface area contributed by atoms with Crippen molar-refractivity contribution in [3.05, 3.63) is 24.3 Å². The average Bonchev–Trinajstić information content (AvgIpc) is 2.42. The number of amides is 1. The summed E-state index contributed by atoms with van der Waals surface area (Å²) < 4.78 is 9.97. The maximum absolute atomic E-state index is 11.4. The molecule has 6 nitrogen and oxygen atoms in total. The number of rotatable bonds is 7. The van der Waals surface area contributed by atoms with E-state index in [0.29, 0.717) is 23.9 Å². The summed E-state index contributed by atoms with van der Waals surface area (Å²) in [6.07, 6.45) is 0. The van der Waals surface area contributed by atoms with Crippen LogP contribution >= 0.6 is 0 Å². The molecule has 1 amide bonds. The second kappa shape index (κ2) is 8.04. The maximum atomic E-state index is 11.4. The minimum atomic E-state index is -0.596. The Morgan fingerprint density at radius 3 is 2.45 bits per heavy atom. The Morgan fingerprint density at radius 2 is 1.85 bits per heavy atom. The summed E-state index contributed by atoms with van der Waals surface area (Å²) in [5, 5.41) is 2.65. The summed E-state index contributed by atoms with van der Waals surface area (Å²) in [4.78, 5) is 22.7. The minimum Gasteiger partial charge on any atom is -0.482 e. The first kappa shape index (κ1) is 15.8. The molecule has 20 heavy (non-hydrogen) atoms. The summed E-state index contributed by atoms with van der Waals surface area (Å²) in [7, 11) is 0. The van der Waals surface area contributed by atoms with Crippen molar-refractivity contribution in [1.29, 1.82) is 0 Å². The molecule has 0 aliphatic heterocycles. The van der Waals surface area contributed by atoms with Crippen molar-refractivity contribution in [2.75, 3.05) is 25.5 Å². The number of nitrogens with one attached hydrogen (secondary N) is 1. The van der Waals surface area contributed by atoms with Crippen molar-refractivity contribution in [2.45, 2.75) is 13.8 Å². The molecule has 0 unspecified atom stereocenters. The Bertz CT molecular complexity index is 443. The number of ether oxygens (including phenoxy) is 2. The molecule has 0 aliphatic rings. The van der Waals surface area contributed by atoms with Gasteiger partial charge in [0.15, 0.2) is 13.2 Å². The van der Waals surface area contributed by atoms with Gasteiger partial charge < -0.3 is 20.5 Å². The molecule has 0 aliphatic carbocycles. The zero-order chi connectivity index (χ0) is 15.0. The van der Waals surface area contributed by atoms with Gasteiger partial charge >= 0.3 is 5.97 Å². The molecule has 3 N–H and O–H groups in total. The monoisotopic (exact) mass is 280 g/mol. The van der Waals surface area contributed by atoms with Crippen molar-refractivity contribution in [2.24, 2.45) is 5.92 Å². The average molecular weight is 280 g/mol. The topological polar surface area (TPSA) is 90.6 Å². The van der Waals surface area contributed by atoms with E-state index < -0.39 is 5.97 Å². The summed E-state index contributed by atoms with van der Waals surface area (Å²) in [5.41, 5.74) is 6.13. The fourth-order valence-corrected chi connectivity index (χ4v) is 1.26. The Morgan fingerprint density at radius 1 is 1.20 bits per heavy atom. The van der Waals surface area contributed by atoms with Crippen LogP contribution in [0.2, 0.25) is 0 Å². The SMILES string of the molecule is CC(C)CNC(=O)COC(=O)COc1ccc(N)cc1. The number of hydrogen-bond acceptors (Lipinski definition) is 5. The van der Waals surface area contributed by atoms with Gasteiger partial charge in [-0.15, -0.1) is 0 Å². The molecule has 1 aromatic carbocycles. The van der Waals surface area contributed by atoms with Gasteiger partial charge in [0, 0.05) is 12.2 Å². The van der Waals surface area contributed by atoms with Gasteiger partial charge in [-0.3, -0.25) is 4.79 Å². The molecule has 6 heteroatoms. The Kier molecular flexibility index (Phi) is 6.36. The normalized spacial score (nSPS) is 10.2. The quantitative estimate of drug-likeness (QED) is 0.573. The minimum absolute atomic E-state index is 0.249. The number of nitrogens with two attached hydrogens (primary N) is 1. The lowest BCUT2D eigenvalue weighted by Crippen LogP contribution is -2.32. The summed E-state index contributed by atoms with van der Waals surface area (Å²) >= 11 is 0. The number of hydrogen-bond donors (Lipinski definition) is 2. The van der Waals surface area contributed by atoms with Crippen molar-refractivity contribution >= 4 is 17.6 Å². The Balaban J connectivity index is 2.20. The second-order valence-electron chi connectivity index (χ2n) is 4.72. The second-order valence-corrected chi connectivity index (χ2v) is 4.72. The lowest BCUT2D eigenvalue weighted by Gasteiger charge is -2.09. The van der Waals surface area contributed by atoms with Crippen molar-refractivity contribution in [3.63, 3.8) is 0 Å². The molecule has 0 saturated carbocycles. The van der Waals surface area contributed by atoms with E-state index in [1.165, 1.54) is 0 Å². The van der Waals surface area contributed by atoms with Crippen LogP contribution in [0.1, 0.15) is 13.8 Å². The standard InChI is InChI=1S/C14H20N2O4/c1-10(2)7-16-13(17)8-20-14(18)9-19-12-5-3-11(15)4-6-12/h3-6,10H,7-9,15H2,1-2H3,(H,16,17). The molecule has 0 atom stereocenters. The number of anilines is 1. The van der Waals surface area contributed by atoms with Gasteiger partial charge in [-0.1, -0.05) is 13.8 Å². The summed E-state index contributed by atoms with van der Waals surface area (Å²) in [5.74, 6) is -0.0510. The van der Waals surface area contributed by atoms with E-state index in [-0.39, 0.29) is 19.1 Å². The van der Waals surface area contributed by atoms with Crippen LogP contribution in [0, 0.1) is 5.92 Å². The highest BCUT2D eigenvalue weighted by molar-refractivity contribution is 5.80. The highest BCUT2D eigenvalue weighted by Crippen LogP contribution is 2.12. The molecule has 1 rings (SSSR count). The number of nitrogen functional groups attached to an aromatic ring is 1. The molecule has 110 valence electrons. The van der Waals surface area contributed by atoms with Crippen molar-refractivity contribution < 1.29 is 19.1 Å². The van der Waals surface area contributed by atoms with E-state index in [4.69, 9.17) is 15.2 Å². The third kappa shape index (κ3) is 6.63. The predicted molar refractivity (Wildman–Crippen MR) is 75.2 cm³/mol. The molecular formula is C14H20N2O4. The van der Waals surface area contributed by atoms with Crippen molar-refractivity contribution in [3.8, 4) is 5.75 Å². The highest BCUT2D eigenvalue weighted by Gasteiger charge is 2.08. The first-order chi connectivity index (χ1) is 9.47. The van der Waals surface area contributed by atoms with Crippen molar-refractivity contribution in [1.82, 2.24) is 5.32 Å². The molecule has 0 saturated heterocycles. The Labute approximate surface area is 118 Å². The largest absolute Gasteiger partial charge is 0.482 e. The molecule has 0 spiro atoms. The van der Waals surface area contributed by atoms with E-state index in [2.05, 4.69) is 5.32 Å². The first-order valence-corrected chi connectivity index (χ1v) is 6.38. The molecule has 1 aromatic rings. The lowest BCUT2D eigenvalue weighted by molar-refractivity contribution is -0.150. The maximum Gasteiger partial charge on any atom is 0.344 e. The van der Waals surface area contributed by atoms with E-state index in [9.17, 15) is 9.59 Å². The molecule has 0 radical (unpaired) electrons. The van der Waals surface area contributed by atoms with E-state index in [1.807, 2.05) is 13.8 Å². The molecule has 0 heterocycles. The van der Waals surface area contributed by atoms with Gasteiger partial charge in [0.05, 0.1) is 0 Å². The predicted octanol–water partition coefficient (Wildman–Crippen LogP) is 0.963. The zero-order valence-corrected chi connectivity index (χ0v) is 11.7. The Hall–Kier alpha value is -2.24. The van der Waals surface area contributed by atoms with Crippen LogP contribution in [0.5, 0.6) is 5.75 Å². The van der Waals surface area contributed by atoms with Crippen LogP contribution in [-0.4, -0.2) is 31.6 Å². The smallest absolute Gasteiger partial charge is 0.344 e. The lowest BCUT2D eigenvalue weighted by atomic mass is 10.2. The van der Waals surface area contributed by atoms with E-state index in [0.717, 1.165) is 0 Å². The van der Waals surface area contributed by atoms with Crippen LogP contribution < -0.4 is 15.8 Å².